The largest absolute Gasteiger partial charge is 0.497 e. The van der Waals surface area contributed by atoms with Crippen molar-refractivity contribution in [2.75, 3.05) is 14.2 Å². The number of halogens is 1. The molecule has 0 bridgehead atoms. The van der Waals surface area contributed by atoms with E-state index >= 15 is 0 Å². The van der Waals surface area contributed by atoms with Crippen molar-refractivity contribution in [3.8, 4) is 11.5 Å². The maximum atomic E-state index is 13.5. The van der Waals surface area contributed by atoms with Crippen LogP contribution in [0.15, 0.2) is 12.1 Å². The minimum atomic E-state index is -1.74. The van der Waals surface area contributed by atoms with Crippen LogP contribution < -0.4 is 9.47 Å². The third-order valence-corrected chi connectivity index (χ3v) is 1.91. The number of rotatable bonds is 4. The Morgan fingerprint density at radius 1 is 1.25 bits per heavy atom. The van der Waals surface area contributed by atoms with E-state index in [4.69, 9.17) is 9.84 Å². The van der Waals surface area contributed by atoms with Crippen molar-refractivity contribution < 1.29 is 28.6 Å². The van der Waals surface area contributed by atoms with Gasteiger partial charge in [0.2, 0.25) is 0 Å². The second kappa shape index (κ2) is 4.61. The number of ether oxygens (including phenoxy) is 2. The third-order valence-electron chi connectivity index (χ3n) is 1.91. The van der Waals surface area contributed by atoms with Gasteiger partial charge in [-0.25, -0.2) is 9.18 Å². The van der Waals surface area contributed by atoms with Crippen LogP contribution in [0.2, 0.25) is 0 Å². The molecule has 0 fully saturated rings. The van der Waals surface area contributed by atoms with Crippen molar-refractivity contribution in [1.82, 2.24) is 0 Å². The number of hydrogen-bond donors (Lipinski definition) is 1. The molecule has 1 aromatic rings. The molecule has 0 radical (unpaired) electrons. The van der Waals surface area contributed by atoms with Crippen molar-refractivity contribution in [1.29, 1.82) is 0 Å². The number of methoxy groups -OCH3 is 2. The minimum absolute atomic E-state index is 0.142. The van der Waals surface area contributed by atoms with E-state index in [2.05, 4.69) is 4.74 Å². The van der Waals surface area contributed by atoms with Crippen LogP contribution >= 0.6 is 0 Å². The first-order chi connectivity index (χ1) is 7.51. The molecule has 0 amide bonds. The number of hydrogen-bond acceptors (Lipinski definition) is 4. The van der Waals surface area contributed by atoms with Crippen molar-refractivity contribution in [3.63, 3.8) is 0 Å². The predicted molar refractivity (Wildman–Crippen MR) is 51.5 cm³/mol. The van der Waals surface area contributed by atoms with Gasteiger partial charge in [-0.05, 0) is 6.07 Å². The molecule has 0 heterocycles. The summed E-state index contributed by atoms with van der Waals surface area (Å²) < 4.78 is 23.0. The molecule has 16 heavy (non-hydrogen) atoms. The van der Waals surface area contributed by atoms with Crippen LogP contribution in [0, 0.1) is 5.82 Å². The van der Waals surface area contributed by atoms with E-state index < -0.39 is 23.1 Å². The van der Waals surface area contributed by atoms with Crippen LogP contribution in [0.5, 0.6) is 11.5 Å². The van der Waals surface area contributed by atoms with Gasteiger partial charge in [-0.2, -0.15) is 0 Å². The summed E-state index contributed by atoms with van der Waals surface area (Å²) in [5.41, 5.74) is -0.594. The van der Waals surface area contributed by atoms with Gasteiger partial charge >= 0.3 is 5.97 Å². The van der Waals surface area contributed by atoms with E-state index in [0.717, 1.165) is 6.07 Å². The summed E-state index contributed by atoms with van der Waals surface area (Å²) in [4.78, 5) is 21.6. The molecule has 1 aromatic carbocycles. The van der Waals surface area contributed by atoms with Crippen molar-refractivity contribution in [2.24, 2.45) is 0 Å². The van der Waals surface area contributed by atoms with Gasteiger partial charge in [-0.15, -0.1) is 0 Å². The van der Waals surface area contributed by atoms with Crippen molar-refractivity contribution in [3.05, 3.63) is 23.5 Å². The molecule has 0 atom stereocenters. The fraction of sp³-hybridized carbons (Fsp3) is 0.200. The highest BCUT2D eigenvalue weighted by Crippen LogP contribution is 2.27. The van der Waals surface area contributed by atoms with E-state index in [1.807, 2.05) is 0 Å². The quantitative estimate of drug-likeness (QED) is 0.617. The monoisotopic (exact) mass is 228 g/mol. The summed E-state index contributed by atoms with van der Waals surface area (Å²) in [6, 6.07) is 2.22. The Labute approximate surface area is 90.4 Å². The Morgan fingerprint density at radius 3 is 2.31 bits per heavy atom. The highest BCUT2D eigenvalue weighted by molar-refractivity contribution is 6.40. The highest BCUT2D eigenvalue weighted by Gasteiger charge is 2.23. The second-order valence-corrected chi connectivity index (χ2v) is 2.83. The Morgan fingerprint density at radius 2 is 1.88 bits per heavy atom. The molecule has 0 saturated carbocycles. The van der Waals surface area contributed by atoms with Gasteiger partial charge in [0, 0.05) is 6.07 Å². The Hall–Kier alpha value is -2.11. The first kappa shape index (κ1) is 12.0. The number of carboxylic acid groups (broad SMARTS) is 1. The zero-order valence-electron chi connectivity index (χ0n) is 8.61. The topological polar surface area (TPSA) is 72.8 Å². The van der Waals surface area contributed by atoms with Crippen LogP contribution in [0.3, 0.4) is 0 Å². The molecule has 0 aromatic heterocycles. The maximum absolute atomic E-state index is 13.5. The lowest BCUT2D eigenvalue weighted by Gasteiger charge is -2.08. The van der Waals surface area contributed by atoms with E-state index in [0.29, 0.717) is 0 Å². The number of aliphatic carboxylic acids is 1. The number of carbonyl (C=O) groups excluding carboxylic acids is 1. The fourth-order valence-electron chi connectivity index (χ4n) is 1.12. The minimum Gasteiger partial charge on any atom is -0.497 e. The predicted octanol–water partition coefficient (Wildman–Crippen LogP) is 1.11. The van der Waals surface area contributed by atoms with E-state index in [1.165, 1.54) is 20.3 Å². The molecule has 0 aliphatic rings. The first-order valence-corrected chi connectivity index (χ1v) is 4.20. The van der Waals surface area contributed by atoms with Crippen molar-refractivity contribution in [2.45, 2.75) is 0 Å². The lowest BCUT2D eigenvalue weighted by atomic mass is 10.1. The molecule has 86 valence electrons. The normalized spacial score (nSPS) is 9.69. The average molecular weight is 228 g/mol. The summed E-state index contributed by atoms with van der Waals surface area (Å²) in [5, 5.41) is 8.49. The molecular formula is C10H9FO5. The number of carboxylic acids is 1. The second-order valence-electron chi connectivity index (χ2n) is 2.83. The summed E-state index contributed by atoms with van der Waals surface area (Å²) in [5.74, 6) is -4.22. The maximum Gasteiger partial charge on any atom is 0.377 e. The lowest BCUT2D eigenvalue weighted by molar-refractivity contribution is -0.131. The number of carbonyl (C=O) groups is 2. The molecule has 0 aliphatic carbocycles. The summed E-state index contributed by atoms with van der Waals surface area (Å²) in [6.45, 7) is 0. The zero-order chi connectivity index (χ0) is 12.3. The number of Topliss-reactive ketones (excluding diaryl/α,β-unsaturated/α-hetero) is 1. The molecule has 0 unspecified atom stereocenters. The lowest BCUT2D eigenvalue weighted by Crippen LogP contribution is -2.15. The number of ketones is 1. The molecular weight excluding hydrogens is 219 g/mol. The van der Waals surface area contributed by atoms with Crippen LogP contribution in [0.25, 0.3) is 0 Å². The van der Waals surface area contributed by atoms with Gasteiger partial charge in [0.15, 0.2) is 11.6 Å². The average Bonchev–Trinajstić information content (AvgIpc) is 2.28. The van der Waals surface area contributed by atoms with E-state index in [1.54, 1.807) is 0 Å². The molecule has 0 saturated heterocycles. The standard InChI is InChI=1S/C10H9FO5/c1-15-5-3-6(9(12)10(13)14)8(11)7(4-5)16-2/h3-4H,1-2H3,(H,13,14). The summed E-state index contributed by atoms with van der Waals surface area (Å²) >= 11 is 0. The van der Waals surface area contributed by atoms with Gasteiger partial charge in [0.25, 0.3) is 5.78 Å². The SMILES string of the molecule is COc1cc(OC)c(F)c(C(=O)C(=O)O)c1. The van der Waals surface area contributed by atoms with E-state index in [-0.39, 0.29) is 11.5 Å². The van der Waals surface area contributed by atoms with Crippen LogP contribution in [-0.2, 0) is 4.79 Å². The first-order valence-electron chi connectivity index (χ1n) is 4.20. The molecule has 5 nitrogen and oxygen atoms in total. The molecule has 6 heteroatoms. The summed E-state index contributed by atoms with van der Waals surface area (Å²) in [7, 11) is 2.51. The zero-order valence-corrected chi connectivity index (χ0v) is 8.61. The van der Waals surface area contributed by atoms with Crippen molar-refractivity contribution >= 4 is 11.8 Å². The Bertz CT molecular complexity index is 441. The van der Waals surface area contributed by atoms with Gasteiger partial charge in [-0.3, -0.25) is 4.79 Å². The van der Waals surface area contributed by atoms with Crippen LogP contribution in [-0.4, -0.2) is 31.1 Å². The van der Waals surface area contributed by atoms with E-state index in [9.17, 15) is 14.0 Å². The van der Waals surface area contributed by atoms with Gasteiger partial charge in [0.1, 0.15) is 5.75 Å². The fourth-order valence-corrected chi connectivity index (χ4v) is 1.12. The third kappa shape index (κ3) is 2.10. The van der Waals surface area contributed by atoms with Crippen LogP contribution in [0.4, 0.5) is 4.39 Å². The molecule has 0 spiro atoms. The molecule has 1 rings (SSSR count). The Balaban J connectivity index is 3.37. The highest BCUT2D eigenvalue weighted by atomic mass is 19.1. The Kier molecular flexibility index (Phi) is 3.44. The van der Waals surface area contributed by atoms with Gasteiger partial charge in [0.05, 0.1) is 19.8 Å². The molecule has 0 aliphatic heterocycles. The molecule has 1 N–H and O–H groups in total. The van der Waals surface area contributed by atoms with Crippen LogP contribution in [0.1, 0.15) is 10.4 Å². The summed E-state index contributed by atoms with van der Waals surface area (Å²) in [6.07, 6.45) is 0. The smallest absolute Gasteiger partial charge is 0.377 e. The number of benzene rings is 1. The van der Waals surface area contributed by atoms with Gasteiger partial charge < -0.3 is 14.6 Å². The van der Waals surface area contributed by atoms with Gasteiger partial charge in [-0.1, -0.05) is 0 Å².